The van der Waals surface area contributed by atoms with Crippen molar-refractivity contribution in [2.75, 3.05) is 29.4 Å². The molecule has 1 fully saturated rings. The summed E-state index contributed by atoms with van der Waals surface area (Å²) >= 11 is 5.45. The fraction of sp³-hybridized carbons (Fsp3) is 0.500. The van der Waals surface area contributed by atoms with Crippen molar-refractivity contribution in [3.05, 3.63) is 24.3 Å². The lowest BCUT2D eigenvalue weighted by Crippen LogP contribution is -2.31. The number of carbonyl (C=O) groups is 2. The van der Waals surface area contributed by atoms with Crippen molar-refractivity contribution in [1.29, 1.82) is 0 Å². The first-order valence-electron chi connectivity index (χ1n) is 7.82. The second-order valence-electron chi connectivity index (χ2n) is 5.37. The number of benzene rings is 1. The molecular formula is C16H22ClN3O3. The lowest BCUT2D eigenvalue weighted by atomic mass is 10.2. The number of cyclic esters (lactones) is 1. The molecular weight excluding hydrogens is 318 g/mol. The number of rotatable bonds is 7. The van der Waals surface area contributed by atoms with Crippen molar-refractivity contribution in [3.63, 3.8) is 0 Å². The Morgan fingerprint density at radius 1 is 1.39 bits per heavy atom. The molecule has 126 valence electrons. The molecule has 0 aromatic heterocycles. The number of nitrogens with zero attached hydrogens (tertiary/aromatic N) is 2. The number of halogens is 1. The molecule has 1 saturated heterocycles. The lowest BCUT2D eigenvalue weighted by Gasteiger charge is -2.22. The van der Waals surface area contributed by atoms with Gasteiger partial charge in [0.05, 0.1) is 6.54 Å². The highest BCUT2D eigenvalue weighted by Crippen LogP contribution is 2.25. The number of hydrogen-bond donors (Lipinski definition) is 1. The van der Waals surface area contributed by atoms with Gasteiger partial charge in [-0.15, -0.1) is 0 Å². The molecule has 1 aliphatic rings. The molecule has 1 aromatic carbocycles. The van der Waals surface area contributed by atoms with Crippen molar-refractivity contribution >= 4 is 35.2 Å². The lowest BCUT2D eigenvalue weighted by molar-refractivity contribution is -0.118. The highest BCUT2D eigenvalue weighted by atomic mass is 35.5. The predicted octanol–water partition coefficient (Wildman–Crippen LogP) is 2.91. The molecule has 6 nitrogen and oxygen atoms in total. The molecule has 2 rings (SSSR count). The second kappa shape index (κ2) is 8.17. The summed E-state index contributed by atoms with van der Waals surface area (Å²) < 4.78 is 5.22. The van der Waals surface area contributed by atoms with E-state index in [-0.39, 0.29) is 18.1 Å². The molecule has 0 saturated carbocycles. The SMILES string of the molecule is CCCN(C(=O)CC)c1ccc(N2CC(CNCl)OC2=O)cc1. The molecule has 2 amide bonds. The molecule has 1 unspecified atom stereocenters. The number of nitrogens with one attached hydrogen (secondary N) is 1. The molecule has 1 aliphatic heterocycles. The number of hydrogen-bond acceptors (Lipinski definition) is 4. The van der Waals surface area contributed by atoms with Crippen molar-refractivity contribution in [1.82, 2.24) is 4.84 Å². The van der Waals surface area contributed by atoms with E-state index in [4.69, 9.17) is 16.5 Å². The Morgan fingerprint density at radius 2 is 2.09 bits per heavy atom. The second-order valence-corrected chi connectivity index (χ2v) is 5.64. The van der Waals surface area contributed by atoms with Gasteiger partial charge < -0.3 is 9.64 Å². The van der Waals surface area contributed by atoms with Crippen LogP contribution < -0.4 is 14.6 Å². The van der Waals surface area contributed by atoms with Crippen molar-refractivity contribution < 1.29 is 14.3 Å². The molecule has 0 bridgehead atoms. The molecule has 1 N–H and O–H groups in total. The van der Waals surface area contributed by atoms with E-state index in [1.165, 1.54) is 0 Å². The minimum Gasteiger partial charge on any atom is -0.443 e. The first kappa shape index (κ1) is 17.6. The topological polar surface area (TPSA) is 61.9 Å². The number of amides is 2. The van der Waals surface area contributed by atoms with Gasteiger partial charge in [0, 0.05) is 30.9 Å². The van der Waals surface area contributed by atoms with Crippen molar-refractivity contribution in [2.45, 2.75) is 32.8 Å². The Hall–Kier alpha value is -1.79. The molecule has 1 heterocycles. The van der Waals surface area contributed by atoms with E-state index in [2.05, 4.69) is 4.84 Å². The summed E-state index contributed by atoms with van der Waals surface area (Å²) in [6, 6.07) is 7.38. The standard InChI is InChI=1S/C16H22ClN3O3/c1-3-9-19(15(21)4-2)12-5-7-13(8-6-12)20-11-14(10-18-17)23-16(20)22/h5-8,14,18H,3-4,9-11H2,1-2H3. The van der Waals surface area contributed by atoms with Crippen LogP contribution >= 0.6 is 11.8 Å². The van der Waals surface area contributed by atoms with Crippen LogP contribution in [-0.4, -0.2) is 37.7 Å². The van der Waals surface area contributed by atoms with Gasteiger partial charge in [-0.25, -0.2) is 9.63 Å². The van der Waals surface area contributed by atoms with Crippen LogP contribution in [0.4, 0.5) is 16.2 Å². The minimum atomic E-state index is -0.385. The van der Waals surface area contributed by atoms with Crippen LogP contribution in [0.3, 0.4) is 0 Å². The third-order valence-electron chi connectivity index (χ3n) is 3.70. The summed E-state index contributed by atoms with van der Waals surface area (Å²) in [4.78, 5) is 29.8. The highest BCUT2D eigenvalue weighted by Gasteiger charge is 2.32. The van der Waals surface area contributed by atoms with E-state index in [0.717, 1.165) is 17.8 Å². The average molecular weight is 340 g/mol. The van der Waals surface area contributed by atoms with Crippen LogP contribution in [0.1, 0.15) is 26.7 Å². The number of ether oxygens (including phenoxy) is 1. The van der Waals surface area contributed by atoms with Crippen molar-refractivity contribution in [3.8, 4) is 0 Å². The van der Waals surface area contributed by atoms with Gasteiger partial charge in [0.25, 0.3) is 0 Å². The van der Waals surface area contributed by atoms with Crippen LogP contribution in [-0.2, 0) is 9.53 Å². The van der Waals surface area contributed by atoms with Gasteiger partial charge in [0.1, 0.15) is 6.10 Å². The first-order valence-corrected chi connectivity index (χ1v) is 8.20. The first-order chi connectivity index (χ1) is 11.1. The van der Waals surface area contributed by atoms with Gasteiger partial charge in [0.15, 0.2) is 0 Å². The smallest absolute Gasteiger partial charge is 0.414 e. The third kappa shape index (κ3) is 4.14. The normalized spacial score (nSPS) is 17.3. The van der Waals surface area contributed by atoms with E-state index in [0.29, 0.717) is 26.1 Å². The van der Waals surface area contributed by atoms with E-state index in [9.17, 15) is 9.59 Å². The fourth-order valence-corrected chi connectivity index (χ4v) is 2.72. The summed E-state index contributed by atoms with van der Waals surface area (Å²) in [5.41, 5.74) is 1.59. The zero-order chi connectivity index (χ0) is 16.8. The highest BCUT2D eigenvalue weighted by molar-refractivity contribution is 6.13. The Kier molecular flexibility index (Phi) is 6.24. The number of carbonyl (C=O) groups excluding carboxylic acids is 2. The molecule has 0 radical (unpaired) electrons. The van der Waals surface area contributed by atoms with E-state index in [1.807, 2.05) is 38.1 Å². The Balaban J connectivity index is 2.12. The van der Waals surface area contributed by atoms with Gasteiger partial charge in [0.2, 0.25) is 5.91 Å². The largest absolute Gasteiger partial charge is 0.443 e. The molecule has 23 heavy (non-hydrogen) atoms. The summed E-state index contributed by atoms with van der Waals surface area (Å²) in [7, 11) is 0. The maximum absolute atomic E-state index is 12.0. The van der Waals surface area contributed by atoms with E-state index >= 15 is 0 Å². The maximum Gasteiger partial charge on any atom is 0.414 e. The summed E-state index contributed by atoms with van der Waals surface area (Å²) in [6.45, 7) is 5.42. The van der Waals surface area contributed by atoms with Gasteiger partial charge in [-0.3, -0.25) is 9.69 Å². The van der Waals surface area contributed by atoms with Crippen LogP contribution in [0.5, 0.6) is 0 Å². The Morgan fingerprint density at radius 3 is 2.65 bits per heavy atom. The van der Waals surface area contributed by atoms with Crippen LogP contribution in [0, 0.1) is 0 Å². The number of anilines is 2. The summed E-state index contributed by atoms with van der Waals surface area (Å²) in [5.74, 6) is 0.0911. The zero-order valence-corrected chi connectivity index (χ0v) is 14.2. The van der Waals surface area contributed by atoms with Gasteiger partial charge >= 0.3 is 6.09 Å². The fourth-order valence-electron chi connectivity index (χ4n) is 2.55. The average Bonchev–Trinajstić information content (AvgIpc) is 2.93. The van der Waals surface area contributed by atoms with Gasteiger partial charge in [-0.2, -0.15) is 0 Å². The Labute approximate surface area is 141 Å². The van der Waals surface area contributed by atoms with Gasteiger partial charge in [-0.05, 0) is 42.5 Å². The van der Waals surface area contributed by atoms with E-state index < -0.39 is 0 Å². The van der Waals surface area contributed by atoms with Crippen LogP contribution in [0.2, 0.25) is 0 Å². The van der Waals surface area contributed by atoms with Crippen molar-refractivity contribution in [2.24, 2.45) is 0 Å². The summed E-state index contributed by atoms with van der Waals surface area (Å²) in [6.07, 6.45) is 0.703. The molecule has 1 atom stereocenters. The molecule has 0 aliphatic carbocycles. The van der Waals surface area contributed by atoms with E-state index in [1.54, 1.807) is 9.80 Å². The van der Waals surface area contributed by atoms with Crippen LogP contribution in [0.25, 0.3) is 0 Å². The molecule has 0 spiro atoms. The quantitative estimate of drug-likeness (QED) is 0.776. The third-order valence-corrected chi connectivity index (χ3v) is 3.86. The zero-order valence-electron chi connectivity index (χ0n) is 13.4. The molecule has 1 aromatic rings. The molecule has 7 heteroatoms. The van der Waals surface area contributed by atoms with Crippen LogP contribution in [0.15, 0.2) is 24.3 Å². The Bertz CT molecular complexity index is 550. The summed E-state index contributed by atoms with van der Waals surface area (Å²) in [5, 5.41) is 0. The maximum atomic E-state index is 12.0. The van der Waals surface area contributed by atoms with Gasteiger partial charge in [-0.1, -0.05) is 13.8 Å². The monoisotopic (exact) mass is 339 g/mol. The predicted molar refractivity (Wildman–Crippen MR) is 90.8 cm³/mol. The minimum absolute atomic E-state index is 0.0911.